The molecule has 0 bridgehead atoms. The van der Waals surface area contributed by atoms with Gasteiger partial charge in [0.1, 0.15) is 11.3 Å². The molecule has 1 heterocycles. The lowest BCUT2D eigenvalue weighted by atomic mass is 10.1. The first-order chi connectivity index (χ1) is 9.73. The third kappa shape index (κ3) is 2.97. The Morgan fingerprint density at radius 1 is 1.24 bits per heavy atom. The Morgan fingerprint density at radius 3 is 2.24 bits per heavy atom. The molecule has 1 aromatic rings. The van der Waals surface area contributed by atoms with Crippen molar-refractivity contribution in [3.8, 4) is 5.75 Å². The SMILES string of the molecule is CN1C(=O)C(=Cc2cc(Br)c(O)c(I)c2)C(=O)N(C)C1=S. The molecule has 2 amide bonds. The van der Waals surface area contributed by atoms with E-state index in [1.165, 1.54) is 30.0 Å². The highest BCUT2D eigenvalue weighted by Gasteiger charge is 2.35. The second-order valence-electron chi connectivity index (χ2n) is 4.40. The first-order valence-electron chi connectivity index (χ1n) is 5.73. The minimum Gasteiger partial charge on any atom is -0.506 e. The number of benzene rings is 1. The summed E-state index contributed by atoms with van der Waals surface area (Å²) in [5, 5.41) is 9.89. The van der Waals surface area contributed by atoms with Crippen molar-refractivity contribution in [3.63, 3.8) is 0 Å². The van der Waals surface area contributed by atoms with Crippen LogP contribution < -0.4 is 0 Å². The Morgan fingerprint density at radius 2 is 1.76 bits per heavy atom. The summed E-state index contributed by atoms with van der Waals surface area (Å²) in [7, 11) is 3.05. The summed E-state index contributed by atoms with van der Waals surface area (Å²) in [6.45, 7) is 0. The summed E-state index contributed by atoms with van der Waals surface area (Å²) in [5.74, 6) is -0.765. The number of phenolic OH excluding ortho intramolecular Hbond substituents is 1. The maximum atomic E-state index is 12.2. The summed E-state index contributed by atoms with van der Waals surface area (Å²) in [4.78, 5) is 26.9. The van der Waals surface area contributed by atoms with Gasteiger partial charge in [-0.05, 0) is 74.5 Å². The molecule has 8 heteroatoms. The zero-order valence-corrected chi connectivity index (χ0v) is 15.6. The van der Waals surface area contributed by atoms with Crippen LogP contribution in [-0.2, 0) is 9.59 Å². The molecule has 0 atom stereocenters. The molecule has 1 aliphatic heterocycles. The zero-order chi connectivity index (χ0) is 15.9. The van der Waals surface area contributed by atoms with Crippen molar-refractivity contribution >= 4 is 73.7 Å². The maximum Gasteiger partial charge on any atom is 0.265 e. The van der Waals surface area contributed by atoms with Gasteiger partial charge in [-0.3, -0.25) is 19.4 Å². The standard InChI is InChI=1S/C13H10BrIN2O3S/c1-16-11(19)7(12(20)17(2)13(16)21)3-6-4-8(14)10(18)9(15)5-6/h3-5,18H,1-2H3. The fourth-order valence-corrected chi connectivity index (χ4v) is 3.47. The number of hydrogen-bond acceptors (Lipinski definition) is 4. The van der Waals surface area contributed by atoms with E-state index in [9.17, 15) is 14.7 Å². The zero-order valence-electron chi connectivity index (χ0n) is 11.1. The fourth-order valence-electron chi connectivity index (χ4n) is 1.81. The molecule has 110 valence electrons. The van der Waals surface area contributed by atoms with E-state index in [0.29, 0.717) is 13.6 Å². The number of thiocarbonyl (C=S) groups is 1. The van der Waals surface area contributed by atoms with E-state index in [2.05, 4.69) is 15.9 Å². The van der Waals surface area contributed by atoms with Crippen LogP contribution in [0.3, 0.4) is 0 Å². The highest BCUT2D eigenvalue weighted by Crippen LogP contribution is 2.31. The van der Waals surface area contributed by atoms with Gasteiger partial charge in [-0.15, -0.1) is 0 Å². The number of nitrogens with zero attached hydrogens (tertiary/aromatic N) is 2. The quantitative estimate of drug-likeness (QED) is 0.290. The van der Waals surface area contributed by atoms with Crippen molar-refractivity contribution in [3.05, 3.63) is 31.3 Å². The Bertz CT molecular complexity index is 656. The minimum atomic E-state index is -0.442. The normalized spacial score (nSPS) is 15.8. The minimum absolute atomic E-state index is 0.0296. The van der Waals surface area contributed by atoms with E-state index in [1.54, 1.807) is 12.1 Å². The maximum absolute atomic E-state index is 12.2. The van der Waals surface area contributed by atoms with Gasteiger partial charge < -0.3 is 5.11 Å². The van der Waals surface area contributed by atoms with Crippen LogP contribution >= 0.6 is 50.7 Å². The van der Waals surface area contributed by atoms with Crippen LogP contribution in [0.1, 0.15) is 5.56 Å². The summed E-state index contributed by atoms with van der Waals surface area (Å²) in [5.41, 5.74) is 0.664. The highest BCUT2D eigenvalue weighted by molar-refractivity contribution is 14.1. The van der Waals surface area contributed by atoms with Crippen LogP contribution in [0, 0.1) is 3.57 Å². The largest absolute Gasteiger partial charge is 0.506 e. The molecule has 0 aliphatic carbocycles. The van der Waals surface area contributed by atoms with Gasteiger partial charge in [-0.1, -0.05) is 0 Å². The van der Waals surface area contributed by atoms with Crippen molar-refractivity contribution in [2.24, 2.45) is 0 Å². The summed E-state index contributed by atoms with van der Waals surface area (Å²) < 4.78 is 1.11. The molecule has 0 radical (unpaired) electrons. The molecule has 1 aliphatic rings. The van der Waals surface area contributed by atoms with Gasteiger partial charge in [0.15, 0.2) is 5.11 Å². The number of amides is 2. The molecule has 2 rings (SSSR count). The van der Waals surface area contributed by atoms with Crippen LogP contribution in [0.25, 0.3) is 6.08 Å². The third-order valence-electron chi connectivity index (χ3n) is 2.99. The molecule has 0 spiro atoms. The van der Waals surface area contributed by atoms with Crippen molar-refractivity contribution in [2.45, 2.75) is 0 Å². The number of hydrogen-bond donors (Lipinski definition) is 1. The van der Waals surface area contributed by atoms with E-state index in [-0.39, 0.29) is 16.4 Å². The van der Waals surface area contributed by atoms with E-state index in [1.807, 2.05) is 22.6 Å². The van der Waals surface area contributed by atoms with E-state index < -0.39 is 11.8 Å². The van der Waals surface area contributed by atoms with E-state index in [0.717, 1.165) is 0 Å². The van der Waals surface area contributed by atoms with Crippen molar-refractivity contribution in [1.82, 2.24) is 9.80 Å². The second-order valence-corrected chi connectivity index (χ2v) is 6.78. The predicted octanol–water partition coefficient (Wildman–Crippen LogP) is 2.36. The van der Waals surface area contributed by atoms with Crippen molar-refractivity contribution in [2.75, 3.05) is 14.1 Å². The molecule has 0 aromatic heterocycles. The topological polar surface area (TPSA) is 60.9 Å². The lowest BCUT2D eigenvalue weighted by Crippen LogP contribution is -2.52. The highest BCUT2D eigenvalue weighted by atomic mass is 127. The number of likely N-dealkylation sites (N-methyl/N-ethyl adjacent to an activating group) is 2. The number of carbonyl (C=O) groups is 2. The van der Waals surface area contributed by atoms with Gasteiger partial charge in [-0.25, -0.2) is 0 Å². The van der Waals surface area contributed by atoms with Gasteiger partial charge in [0.25, 0.3) is 11.8 Å². The van der Waals surface area contributed by atoms with Crippen molar-refractivity contribution < 1.29 is 14.7 Å². The van der Waals surface area contributed by atoms with Crippen molar-refractivity contribution in [1.29, 1.82) is 0 Å². The van der Waals surface area contributed by atoms with Crippen LogP contribution in [0.15, 0.2) is 22.2 Å². The molecular formula is C13H10BrIN2O3S. The molecule has 5 nitrogen and oxygen atoms in total. The molecule has 0 unspecified atom stereocenters. The Kier molecular flexibility index (Phi) is 4.69. The van der Waals surface area contributed by atoms with Crippen LogP contribution in [-0.4, -0.2) is 45.9 Å². The second kappa shape index (κ2) is 6.01. The molecule has 21 heavy (non-hydrogen) atoms. The van der Waals surface area contributed by atoms with Gasteiger partial charge in [0, 0.05) is 14.1 Å². The monoisotopic (exact) mass is 480 g/mol. The molecule has 1 fully saturated rings. The summed E-state index contributed by atoms with van der Waals surface area (Å²) in [6, 6.07) is 3.32. The lowest BCUT2D eigenvalue weighted by molar-refractivity contribution is -0.132. The Labute approximate surface area is 148 Å². The van der Waals surface area contributed by atoms with Gasteiger partial charge in [-0.2, -0.15) is 0 Å². The average molecular weight is 481 g/mol. The summed E-state index contributed by atoms with van der Waals surface area (Å²) in [6.07, 6.45) is 1.49. The average Bonchev–Trinajstić information content (AvgIpc) is 2.45. The molecular weight excluding hydrogens is 471 g/mol. The number of carbonyl (C=O) groups excluding carboxylic acids is 2. The number of halogens is 2. The van der Waals surface area contributed by atoms with E-state index in [4.69, 9.17) is 12.2 Å². The fraction of sp³-hybridized carbons (Fsp3) is 0.154. The third-order valence-corrected chi connectivity index (χ3v) is 4.97. The predicted molar refractivity (Wildman–Crippen MR) is 94.6 cm³/mol. The van der Waals surface area contributed by atoms with Gasteiger partial charge in [0.2, 0.25) is 0 Å². The molecule has 1 aromatic carbocycles. The Balaban J connectivity index is 2.51. The molecule has 0 saturated carbocycles. The number of aromatic hydroxyl groups is 1. The van der Waals surface area contributed by atoms with Crippen LogP contribution in [0.5, 0.6) is 5.75 Å². The first-order valence-corrected chi connectivity index (χ1v) is 8.01. The first kappa shape index (κ1) is 16.4. The Hall–Kier alpha value is -1.00. The molecule has 1 saturated heterocycles. The summed E-state index contributed by atoms with van der Waals surface area (Å²) >= 11 is 10.2. The van der Waals surface area contributed by atoms with Gasteiger partial charge >= 0.3 is 0 Å². The number of rotatable bonds is 1. The lowest BCUT2D eigenvalue weighted by Gasteiger charge is -2.31. The van der Waals surface area contributed by atoms with E-state index >= 15 is 0 Å². The smallest absolute Gasteiger partial charge is 0.265 e. The number of phenols is 1. The van der Waals surface area contributed by atoms with Crippen LogP contribution in [0.2, 0.25) is 0 Å². The molecule has 1 N–H and O–H groups in total. The van der Waals surface area contributed by atoms with Crippen LogP contribution in [0.4, 0.5) is 0 Å². The van der Waals surface area contributed by atoms with Gasteiger partial charge in [0.05, 0.1) is 8.04 Å².